The van der Waals surface area contributed by atoms with Crippen LogP contribution in [-0.4, -0.2) is 49.3 Å². The Labute approximate surface area is 322 Å². The lowest BCUT2D eigenvalue weighted by molar-refractivity contribution is -0.161. The predicted molar refractivity (Wildman–Crippen MR) is 219 cm³/mol. The lowest BCUT2D eigenvalue weighted by Crippen LogP contribution is -2.29. The van der Waals surface area contributed by atoms with Crippen molar-refractivity contribution >= 4 is 19.8 Å². The lowest BCUT2D eigenvalue weighted by atomic mass is 10.1. The van der Waals surface area contributed by atoms with Gasteiger partial charge in [0.2, 0.25) is 0 Å². The van der Waals surface area contributed by atoms with E-state index in [9.17, 15) is 19.0 Å². The maximum atomic E-state index is 12.5. The Morgan fingerprint density at radius 2 is 1.04 bits per heavy atom. The highest BCUT2D eigenvalue weighted by atomic mass is 31.2. The number of carbonyl (C=O) groups excluding carboxylic acids is 2. The summed E-state index contributed by atoms with van der Waals surface area (Å²) in [5.41, 5.74) is 5.33. The monoisotopic (exact) mass is 761 g/mol. The van der Waals surface area contributed by atoms with Crippen LogP contribution in [0.15, 0.2) is 85.1 Å². The van der Waals surface area contributed by atoms with Crippen molar-refractivity contribution in [1.29, 1.82) is 0 Å². The zero-order chi connectivity index (χ0) is 38.9. The molecule has 0 spiro atoms. The molecule has 302 valence electrons. The minimum atomic E-state index is -4.40. The molecule has 9 nitrogen and oxygen atoms in total. The highest BCUT2D eigenvalue weighted by Crippen LogP contribution is 2.43. The molecule has 53 heavy (non-hydrogen) atoms. The first-order valence-corrected chi connectivity index (χ1v) is 21.6. The van der Waals surface area contributed by atoms with Crippen LogP contribution in [0.2, 0.25) is 0 Å². The van der Waals surface area contributed by atoms with E-state index in [4.69, 9.17) is 24.3 Å². The molecular weight excluding hydrogens is 689 g/mol. The number of allylic oxidation sites excluding steroid dienone is 14. The summed E-state index contributed by atoms with van der Waals surface area (Å²) in [6, 6.07) is 0. The normalized spacial score (nSPS) is 14.3. The molecule has 0 aromatic heterocycles. The second-order valence-corrected chi connectivity index (χ2v) is 14.2. The number of carbonyl (C=O) groups is 2. The molecule has 0 aromatic carbocycles. The van der Waals surface area contributed by atoms with Gasteiger partial charge in [-0.15, -0.1) is 0 Å². The van der Waals surface area contributed by atoms with Crippen molar-refractivity contribution in [3.63, 3.8) is 0 Å². The number of rotatable bonds is 36. The molecule has 0 amide bonds. The third-order valence-corrected chi connectivity index (χ3v) is 8.75. The summed E-state index contributed by atoms with van der Waals surface area (Å²) in [5.74, 6) is -0.912. The molecule has 0 heterocycles. The van der Waals surface area contributed by atoms with E-state index >= 15 is 0 Å². The molecule has 0 aliphatic heterocycles. The molecule has 2 atom stereocenters. The van der Waals surface area contributed by atoms with Crippen LogP contribution in [0.1, 0.15) is 142 Å². The van der Waals surface area contributed by atoms with E-state index in [0.717, 1.165) is 83.5 Å². The molecule has 0 radical (unpaired) electrons. The average molecular weight is 762 g/mol. The van der Waals surface area contributed by atoms with Gasteiger partial charge >= 0.3 is 19.8 Å². The van der Waals surface area contributed by atoms with E-state index in [0.29, 0.717) is 12.8 Å². The van der Waals surface area contributed by atoms with Crippen LogP contribution in [0, 0.1) is 0 Å². The molecule has 3 N–H and O–H groups in total. The molecule has 0 aromatic rings. The molecule has 1 unspecified atom stereocenters. The van der Waals surface area contributed by atoms with E-state index in [2.05, 4.69) is 98.9 Å². The van der Waals surface area contributed by atoms with Crippen LogP contribution in [0.5, 0.6) is 0 Å². The van der Waals surface area contributed by atoms with Crippen LogP contribution in [-0.2, 0) is 32.7 Å². The molecule has 0 saturated heterocycles. The highest BCUT2D eigenvalue weighted by Gasteiger charge is 2.25. The Bertz CT molecular complexity index is 1140. The number of ether oxygens (including phenoxy) is 2. The third-order valence-electron chi connectivity index (χ3n) is 7.77. The minimum absolute atomic E-state index is 0.0388. The fourth-order valence-corrected chi connectivity index (χ4v) is 5.57. The van der Waals surface area contributed by atoms with Crippen molar-refractivity contribution in [2.24, 2.45) is 5.73 Å². The van der Waals surface area contributed by atoms with Gasteiger partial charge in [0.25, 0.3) is 0 Å². The molecule has 0 aliphatic rings. The Kier molecular flexibility index (Phi) is 36.8. The lowest BCUT2D eigenvalue weighted by Gasteiger charge is -2.19. The van der Waals surface area contributed by atoms with Crippen molar-refractivity contribution in [3.8, 4) is 0 Å². The van der Waals surface area contributed by atoms with Gasteiger partial charge in [0.05, 0.1) is 13.2 Å². The van der Waals surface area contributed by atoms with Crippen LogP contribution < -0.4 is 5.73 Å². The van der Waals surface area contributed by atoms with Gasteiger partial charge in [0.1, 0.15) is 6.61 Å². The number of hydrogen-bond acceptors (Lipinski definition) is 8. The van der Waals surface area contributed by atoms with Crippen LogP contribution >= 0.6 is 7.82 Å². The van der Waals surface area contributed by atoms with Crippen molar-refractivity contribution in [2.75, 3.05) is 26.4 Å². The topological polar surface area (TPSA) is 134 Å². The summed E-state index contributed by atoms with van der Waals surface area (Å²) < 4.78 is 32.6. The third kappa shape index (κ3) is 38.7. The number of hydrogen-bond donors (Lipinski definition) is 2. The Hall–Kier alpha value is -2.81. The van der Waals surface area contributed by atoms with Crippen molar-refractivity contribution in [2.45, 2.75) is 148 Å². The summed E-state index contributed by atoms with van der Waals surface area (Å²) in [6.07, 6.45) is 47.6. The first-order valence-electron chi connectivity index (χ1n) is 20.1. The summed E-state index contributed by atoms with van der Waals surface area (Å²) >= 11 is 0. The van der Waals surface area contributed by atoms with Crippen LogP contribution in [0.3, 0.4) is 0 Å². The van der Waals surface area contributed by atoms with E-state index < -0.39 is 32.5 Å². The first kappa shape index (κ1) is 50.2. The summed E-state index contributed by atoms with van der Waals surface area (Å²) in [7, 11) is -4.40. The number of unbranched alkanes of at least 4 members (excludes halogenated alkanes) is 9. The minimum Gasteiger partial charge on any atom is -0.462 e. The fraction of sp³-hybridized carbons (Fsp3) is 0.628. The van der Waals surface area contributed by atoms with Gasteiger partial charge < -0.3 is 20.1 Å². The van der Waals surface area contributed by atoms with E-state index in [-0.39, 0.29) is 32.6 Å². The molecule has 0 bridgehead atoms. The molecule has 0 fully saturated rings. The van der Waals surface area contributed by atoms with Crippen molar-refractivity contribution in [3.05, 3.63) is 85.1 Å². The van der Waals surface area contributed by atoms with Gasteiger partial charge in [-0.05, 0) is 89.9 Å². The Morgan fingerprint density at radius 1 is 0.585 bits per heavy atom. The van der Waals surface area contributed by atoms with E-state index in [1.807, 2.05) is 0 Å². The summed E-state index contributed by atoms with van der Waals surface area (Å²) in [5, 5.41) is 0. The smallest absolute Gasteiger partial charge is 0.462 e. The number of nitrogens with two attached hydrogens (primary N) is 1. The van der Waals surface area contributed by atoms with Gasteiger partial charge in [0.15, 0.2) is 6.10 Å². The standard InChI is InChI=1S/C43H72NO8P/c1-3-5-7-9-11-13-15-17-19-20-22-23-25-27-29-31-33-35-42(45)49-39-41(40-51-53(47,48)50-38-37-44)52-43(46)36-34-32-30-28-26-24-21-18-16-14-12-10-8-6-4-2/h5,7,11-14,17-19,21-23,26,28,41H,3-4,6,8-10,15-16,20,24-25,27,29-40,44H2,1-2H3,(H,47,48)/b7-5-,13-11-,14-12-,19-17-,21-18-,23-22-,28-26-/t41-/m1/s1. The van der Waals surface area contributed by atoms with Crippen molar-refractivity contribution in [1.82, 2.24) is 0 Å². The Balaban J connectivity index is 4.33. The number of esters is 2. The molecule has 0 saturated carbocycles. The SMILES string of the molecule is CC/C=C\C/C=C\C/C=C\C/C=C\CCCCCCC(=O)OC[C@H](COP(=O)(O)OCCN)OC(=O)CCCC/C=C\C/C=C\C/C=C\CCCCC. The maximum absolute atomic E-state index is 12.5. The maximum Gasteiger partial charge on any atom is 0.472 e. The Morgan fingerprint density at radius 3 is 1.57 bits per heavy atom. The van der Waals surface area contributed by atoms with Gasteiger partial charge in [-0.3, -0.25) is 18.6 Å². The molecule has 0 rings (SSSR count). The second-order valence-electron chi connectivity index (χ2n) is 12.8. The molecule has 10 heteroatoms. The quantitative estimate of drug-likeness (QED) is 0.0277. The van der Waals surface area contributed by atoms with E-state index in [1.54, 1.807) is 0 Å². The first-order chi connectivity index (χ1) is 25.8. The second kappa shape index (κ2) is 38.9. The zero-order valence-electron chi connectivity index (χ0n) is 33.0. The van der Waals surface area contributed by atoms with Gasteiger partial charge in [0, 0.05) is 19.4 Å². The molecule has 0 aliphatic carbocycles. The number of phosphoric ester groups is 1. The number of phosphoric acid groups is 1. The summed E-state index contributed by atoms with van der Waals surface area (Å²) in [4.78, 5) is 34.8. The molecular formula is C43H72NO8P. The van der Waals surface area contributed by atoms with E-state index in [1.165, 1.54) is 19.3 Å². The van der Waals surface area contributed by atoms with Gasteiger partial charge in [-0.2, -0.15) is 0 Å². The van der Waals surface area contributed by atoms with Crippen LogP contribution in [0.25, 0.3) is 0 Å². The predicted octanol–water partition coefficient (Wildman–Crippen LogP) is 11.3. The zero-order valence-corrected chi connectivity index (χ0v) is 33.9. The highest BCUT2D eigenvalue weighted by molar-refractivity contribution is 7.47. The largest absolute Gasteiger partial charge is 0.472 e. The van der Waals surface area contributed by atoms with Crippen LogP contribution in [0.4, 0.5) is 0 Å². The van der Waals surface area contributed by atoms with Gasteiger partial charge in [-0.1, -0.05) is 125 Å². The van der Waals surface area contributed by atoms with Crippen molar-refractivity contribution < 1.29 is 37.6 Å². The van der Waals surface area contributed by atoms with Gasteiger partial charge in [-0.25, -0.2) is 4.57 Å². The average Bonchev–Trinajstić information content (AvgIpc) is 3.14. The fourth-order valence-electron chi connectivity index (χ4n) is 4.81. The summed E-state index contributed by atoms with van der Waals surface area (Å²) in [6.45, 7) is 3.48.